The molecule has 1 fully saturated rings. The Balaban J connectivity index is 2.05. The first-order chi connectivity index (χ1) is 8.16. The van der Waals surface area contributed by atoms with Gasteiger partial charge in [-0.05, 0) is 17.6 Å². The van der Waals surface area contributed by atoms with Gasteiger partial charge in [0.15, 0.2) is 6.29 Å². The number of rotatable bonds is 3. The van der Waals surface area contributed by atoms with E-state index in [4.69, 9.17) is 10.0 Å². The van der Waals surface area contributed by atoms with Crippen LogP contribution in [0.25, 0.3) is 0 Å². The molecule has 9 heteroatoms. The van der Waals surface area contributed by atoms with Gasteiger partial charge in [0.2, 0.25) is 0 Å². The number of carbonyl (C=O) groups is 1. The van der Waals surface area contributed by atoms with Crippen LogP contribution in [0.1, 0.15) is 10.4 Å². The normalized spacial score (nSPS) is 15.9. The van der Waals surface area contributed by atoms with E-state index < -0.39 is 13.4 Å². The zero-order valence-corrected chi connectivity index (χ0v) is 8.77. The minimum Gasteiger partial charge on any atom is -0.423 e. The molecule has 0 unspecified atom stereocenters. The molecule has 0 atom stereocenters. The van der Waals surface area contributed by atoms with Crippen LogP contribution < -0.4 is 32.7 Å². The molecule has 1 heterocycles. The maximum absolute atomic E-state index is 11.8. The molecule has 0 saturated carbocycles. The molecule has 90 valence electrons. The van der Waals surface area contributed by atoms with E-state index in [1.165, 1.54) is 12.1 Å². The molecule has 1 aliphatic heterocycles. The van der Waals surface area contributed by atoms with Crippen LogP contribution in [-0.4, -0.2) is 29.4 Å². The Bertz CT molecular complexity index is 410. The molecular weight excluding hydrogens is 225 g/mol. The predicted octanol–water partition coefficient (Wildman–Crippen LogP) is -3.50. The van der Waals surface area contributed by atoms with Gasteiger partial charge in [0, 0.05) is 5.56 Å². The molecule has 1 saturated heterocycles. The minimum atomic E-state index is -1.59. The molecule has 17 heavy (non-hydrogen) atoms. The van der Waals surface area contributed by atoms with Crippen LogP contribution in [0.5, 0.6) is 0 Å². The first kappa shape index (κ1) is 12.0. The quantitative estimate of drug-likeness (QED) is 0.272. The van der Waals surface area contributed by atoms with Gasteiger partial charge in [-0.3, -0.25) is 4.79 Å². The summed E-state index contributed by atoms with van der Waals surface area (Å²) < 4.78 is 0. The highest BCUT2D eigenvalue weighted by Gasteiger charge is 2.17. The number of benzene rings is 1. The summed E-state index contributed by atoms with van der Waals surface area (Å²) in [7, 11) is -1.59. The number of carbonyl (C=O) groups excluding carboxylic acids is 1. The third-order valence-corrected chi connectivity index (χ3v) is 2.22. The Hall–Kier alpha value is -1.49. The standard InChI is InChI=1S/C8H12BN5O3/c15-7(10-8-11-13-14-12-8)5-2-1-3-6(4-5)9(16)17/h1-4,8,11-14,16-17H,(H,10,15). The summed E-state index contributed by atoms with van der Waals surface area (Å²) in [5.41, 5.74) is 11.1. The fourth-order valence-corrected chi connectivity index (χ4v) is 1.38. The molecule has 1 aromatic rings. The minimum absolute atomic E-state index is 0.265. The van der Waals surface area contributed by atoms with Gasteiger partial charge in [0.25, 0.3) is 5.91 Å². The van der Waals surface area contributed by atoms with Crippen molar-refractivity contribution in [2.45, 2.75) is 6.29 Å². The van der Waals surface area contributed by atoms with Gasteiger partial charge < -0.3 is 15.4 Å². The number of hydrogen-bond acceptors (Lipinski definition) is 7. The molecule has 1 amide bonds. The van der Waals surface area contributed by atoms with Crippen molar-refractivity contribution in [3.05, 3.63) is 29.8 Å². The lowest BCUT2D eigenvalue weighted by molar-refractivity contribution is 0.0927. The van der Waals surface area contributed by atoms with Crippen LogP contribution >= 0.6 is 0 Å². The number of amides is 1. The second-order valence-corrected chi connectivity index (χ2v) is 3.44. The molecule has 0 bridgehead atoms. The van der Waals surface area contributed by atoms with E-state index in [0.717, 1.165) is 0 Å². The molecule has 0 aliphatic carbocycles. The van der Waals surface area contributed by atoms with E-state index in [2.05, 4.69) is 27.2 Å². The second kappa shape index (κ2) is 5.23. The summed E-state index contributed by atoms with van der Waals surface area (Å²) in [5.74, 6) is -0.344. The lowest BCUT2D eigenvalue weighted by Gasteiger charge is -2.11. The fraction of sp³-hybridized carbons (Fsp3) is 0.125. The molecule has 2 rings (SSSR count). The van der Waals surface area contributed by atoms with Crippen molar-refractivity contribution in [2.24, 2.45) is 0 Å². The summed E-state index contributed by atoms with van der Waals surface area (Å²) in [6.45, 7) is 0. The van der Waals surface area contributed by atoms with Gasteiger partial charge in [0.05, 0.1) is 0 Å². The van der Waals surface area contributed by atoms with Crippen LogP contribution in [-0.2, 0) is 0 Å². The third kappa shape index (κ3) is 3.00. The smallest absolute Gasteiger partial charge is 0.423 e. The SMILES string of the molecule is O=C(NC1NNNN1)c1cccc(B(O)O)c1. The average molecular weight is 237 g/mol. The van der Waals surface area contributed by atoms with Gasteiger partial charge in [-0.1, -0.05) is 12.1 Å². The molecule has 8 nitrogen and oxygen atoms in total. The number of hydrazine groups is 3. The summed E-state index contributed by atoms with van der Waals surface area (Å²) in [4.78, 5) is 11.8. The Morgan fingerprint density at radius 1 is 1.29 bits per heavy atom. The summed E-state index contributed by atoms with van der Waals surface area (Å²) >= 11 is 0. The van der Waals surface area contributed by atoms with Crippen LogP contribution in [0.4, 0.5) is 0 Å². The van der Waals surface area contributed by atoms with Gasteiger partial charge in [-0.25, -0.2) is 10.9 Å². The van der Waals surface area contributed by atoms with Crippen LogP contribution in [0.2, 0.25) is 0 Å². The molecule has 1 aromatic carbocycles. The highest BCUT2D eigenvalue weighted by atomic mass is 16.4. The Labute approximate surface area is 97.5 Å². The van der Waals surface area contributed by atoms with Crippen molar-refractivity contribution < 1.29 is 14.8 Å². The van der Waals surface area contributed by atoms with E-state index in [1.54, 1.807) is 12.1 Å². The van der Waals surface area contributed by atoms with Crippen molar-refractivity contribution in [3.8, 4) is 0 Å². The number of nitrogens with one attached hydrogen (secondary N) is 5. The second-order valence-electron chi connectivity index (χ2n) is 3.44. The number of hydrogen-bond donors (Lipinski definition) is 7. The van der Waals surface area contributed by atoms with Crippen LogP contribution in [0.15, 0.2) is 24.3 Å². The van der Waals surface area contributed by atoms with Crippen LogP contribution in [0.3, 0.4) is 0 Å². The first-order valence-corrected chi connectivity index (χ1v) is 4.95. The Morgan fingerprint density at radius 3 is 2.65 bits per heavy atom. The van der Waals surface area contributed by atoms with Crippen molar-refractivity contribution in [1.82, 2.24) is 27.2 Å². The molecule has 0 spiro atoms. The largest absolute Gasteiger partial charge is 0.488 e. The maximum atomic E-state index is 11.8. The molecule has 1 aliphatic rings. The van der Waals surface area contributed by atoms with Gasteiger partial charge in [-0.15, -0.1) is 0 Å². The summed E-state index contributed by atoms with van der Waals surface area (Å²) in [6.07, 6.45) is -0.454. The highest BCUT2D eigenvalue weighted by Crippen LogP contribution is 1.97. The zero-order valence-electron chi connectivity index (χ0n) is 8.77. The van der Waals surface area contributed by atoms with Crippen molar-refractivity contribution in [3.63, 3.8) is 0 Å². The highest BCUT2D eigenvalue weighted by molar-refractivity contribution is 6.58. The van der Waals surface area contributed by atoms with Gasteiger partial charge in [-0.2, -0.15) is 11.1 Å². The fourth-order valence-electron chi connectivity index (χ4n) is 1.38. The topological polar surface area (TPSA) is 118 Å². The van der Waals surface area contributed by atoms with Crippen molar-refractivity contribution in [1.29, 1.82) is 0 Å². The van der Waals surface area contributed by atoms with E-state index in [1.807, 2.05) is 0 Å². The van der Waals surface area contributed by atoms with Gasteiger partial charge >= 0.3 is 7.12 Å². The van der Waals surface area contributed by atoms with Gasteiger partial charge in [0.1, 0.15) is 0 Å². The Morgan fingerprint density at radius 2 is 2.00 bits per heavy atom. The summed E-state index contributed by atoms with van der Waals surface area (Å²) in [5, 5.41) is 20.6. The Kier molecular flexibility index (Phi) is 3.69. The summed E-state index contributed by atoms with van der Waals surface area (Å²) in [6, 6.07) is 6.10. The van der Waals surface area contributed by atoms with E-state index >= 15 is 0 Å². The zero-order chi connectivity index (χ0) is 12.3. The monoisotopic (exact) mass is 237 g/mol. The average Bonchev–Trinajstić information content (AvgIpc) is 2.82. The van der Waals surface area contributed by atoms with E-state index in [0.29, 0.717) is 5.56 Å². The predicted molar refractivity (Wildman–Crippen MR) is 60.1 cm³/mol. The third-order valence-electron chi connectivity index (χ3n) is 2.22. The van der Waals surface area contributed by atoms with E-state index in [9.17, 15) is 4.79 Å². The van der Waals surface area contributed by atoms with E-state index in [-0.39, 0.29) is 11.4 Å². The molecule has 0 aromatic heterocycles. The molecule has 7 N–H and O–H groups in total. The lowest BCUT2D eigenvalue weighted by atomic mass is 9.79. The first-order valence-electron chi connectivity index (χ1n) is 4.95. The lowest BCUT2D eigenvalue weighted by Crippen LogP contribution is -2.49. The molecular formula is C8H12BN5O3. The van der Waals surface area contributed by atoms with Crippen molar-refractivity contribution in [2.75, 3.05) is 0 Å². The maximum Gasteiger partial charge on any atom is 0.488 e. The molecule has 0 radical (unpaired) electrons. The van der Waals surface area contributed by atoms with Crippen molar-refractivity contribution >= 4 is 18.5 Å². The van der Waals surface area contributed by atoms with Crippen LogP contribution in [0, 0.1) is 0 Å².